The van der Waals surface area contributed by atoms with Crippen molar-refractivity contribution in [3.63, 3.8) is 0 Å². The van der Waals surface area contributed by atoms with E-state index in [4.69, 9.17) is 9.47 Å². The fourth-order valence-corrected chi connectivity index (χ4v) is 3.74. The Balaban J connectivity index is 1.42. The first-order valence-corrected chi connectivity index (χ1v) is 10.1. The normalized spacial score (nSPS) is 22.9. The number of guanidine groups is 1. The van der Waals surface area contributed by atoms with Gasteiger partial charge in [0.15, 0.2) is 5.96 Å². The standard InChI is InChI=1S/C21H32N4O3/c1-22-21(25-12-14-28-19(16-25)18-9-6-13-27-18)23-11-10-20(26)24(2)15-17-7-4-3-5-8-17/h3-5,7-8,18-19H,6,9-16H2,1-2H3,(H,22,23). The van der Waals surface area contributed by atoms with Crippen LogP contribution in [0.15, 0.2) is 35.3 Å². The van der Waals surface area contributed by atoms with E-state index in [1.165, 1.54) is 0 Å². The Bertz CT molecular complexity index is 646. The number of amides is 1. The highest BCUT2D eigenvalue weighted by Gasteiger charge is 2.32. The van der Waals surface area contributed by atoms with Gasteiger partial charge >= 0.3 is 0 Å². The Kier molecular flexibility index (Phi) is 7.68. The Morgan fingerprint density at radius 1 is 1.25 bits per heavy atom. The zero-order valence-electron chi connectivity index (χ0n) is 17.0. The number of carbonyl (C=O) groups is 1. The van der Waals surface area contributed by atoms with Gasteiger partial charge in [-0.2, -0.15) is 0 Å². The molecule has 2 unspecified atom stereocenters. The summed E-state index contributed by atoms with van der Waals surface area (Å²) in [4.78, 5) is 20.8. The lowest BCUT2D eigenvalue weighted by molar-refractivity contribution is -0.130. The number of hydrogen-bond acceptors (Lipinski definition) is 4. The zero-order chi connectivity index (χ0) is 19.8. The molecule has 2 aliphatic rings. The quantitative estimate of drug-likeness (QED) is 0.591. The van der Waals surface area contributed by atoms with Crippen molar-refractivity contribution in [3.8, 4) is 0 Å². The third kappa shape index (κ3) is 5.69. The second-order valence-corrected chi connectivity index (χ2v) is 7.37. The van der Waals surface area contributed by atoms with E-state index in [1.54, 1.807) is 11.9 Å². The molecule has 0 aromatic heterocycles. The Hall–Kier alpha value is -2.12. The van der Waals surface area contributed by atoms with Crippen LogP contribution in [0.25, 0.3) is 0 Å². The first-order valence-electron chi connectivity index (χ1n) is 10.1. The van der Waals surface area contributed by atoms with Crippen LogP contribution in [0.4, 0.5) is 0 Å². The van der Waals surface area contributed by atoms with Gasteiger partial charge in [-0.3, -0.25) is 9.79 Å². The van der Waals surface area contributed by atoms with Crippen LogP contribution in [-0.2, 0) is 20.8 Å². The monoisotopic (exact) mass is 388 g/mol. The number of nitrogens with zero attached hydrogens (tertiary/aromatic N) is 3. The zero-order valence-corrected chi connectivity index (χ0v) is 17.0. The molecule has 28 heavy (non-hydrogen) atoms. The van der Waals surface area contributed by atoms with E-state index < -0.39 is 0 Å². The molecule has 2 fully saturated rings. The number of hydrogen-bond donors (Lipinski definition) is 1. The lowest BCUT2D eigenvalue weighted by Gasteiger charge is -2.37. The molecule has 2 saturated heterocycles. The van der Waals surface area contributed by atoms with Gasteiger partial charge in [-0.25, -0.2) is 0 Å². The van der Waals surface area contributed by atoms with Gasteiger partial charge in [-0.15, -0.1) is 0 Å². The maximum absolute atomic E-state index is 12.4. The summed E-state index contributed by atoms with van der Waals surface area (Å²) >= 11 is 0. The summed E-state index contributed by atoms with van der Waals surface area (Å²) in [6, 6.07) is 10.0. The Labute approximate surface area is 167 Å². The van der Waals surface area contributed by atoms with E-state index in [-0.39, 0.29) is 18.1 Å². The molecule has 0 radical (unpaired) electrons. The second kappa shape index (κ2) is 10.4. The van der Waals surface area contributed by atoms with Gasteiger partial charge in [-0.05, 0) is 18.4 Å². The number of aliphatic imine (C=N–C) groups is 1. The van der Waals surface area contributed by atoms with Crippen LogP contribution in [0.3, 0.4) is 0 Å². The summed E-state index contributed by atoms with van der Waals surface area (Å²) in [6.07, 6.45) is 2.88. The highest BCUT2D eigenvalue weighted by molar-refractivity contribution is 5.81. The Morgan fingerprint density at radius 3 is 2.75 bits per heavy atom. The molecule has 0 spiro atoms. The van der Waals surface area contributed by atoms with Crippen molar-refractivity contribution >= 4 is 11.9 Å². The molecule has 0 bridgehead atoms. The third-order valence-corrected chi connectivity index (χ3v) is 5.29. The molecule has 2 heterocycles. The number of morpholine rings is 1. The van der Waals surface area contributed by atoms with E-state index in [9.17, 15) is 4.79 Å². The molecule has 7 heteroatoms. The fraction of sp³-hybridized carbons (Fsp3) is 0.619. The highest BCUT2D eigenvalue weighted by atomic mass is 16.5. The van der Waals surface area contributed by atoms with Crippen LogP contribution in [0.1, 0.15) is 24.8 Å². The number of nitrogens with one attached hydrogen (secondary N) is 1. The molecule has 2 atom stereocenters. The number of ether oxygens (including phenoxy) is 2. The lowest BCUT2D eigenvalue weighted by atomic mass is 10.1. The number of rotatable bonds is 6. The predicted molar refractivity (Wildman–Crippen MR) is 109 cm³/mol. The van der Waals surface area contributed by atoms with E-state index in [0.717, 1.165) is 44.1 Å². The molecule has 0 saturated carbocycles. The van der Waals surface area contributed by atoms with Crippen molar-refractivity contribution in [2.75, 3.05) is 46.9 Å². The maximum atomic E-state index is 12.4. The SMILES string of the molecule is CN=C(NCCC(=O)N(C)Cc1ccccc1)N1CCOC(C2CCCO2)C1. The minimum absolute atomic E-state index is 0.0911. The summed E-state index contributed by atoms with van der Waals surface area (Å²) in [5, 5.41) is 3.33. The van der Waals surface area contributed by atoms with E-state index in [1.807, 2.05) is 37.4 Å². The molecule has 1 amide bonds. The fourth-order valence-electron chi connectivity index (χ4n) is 3.74. The molecular formula is C21H32N4O3. The van der Waals surface area contributed by atoms with E-state index in [2.05, 4.69) is 15.2 Å². The average molecular weight is 389 g/mol. The summed E-state index contributed by atoms with van der Waals surface area (Å²) in [5.41, 5.74) is 1.13. The first-order chi connectivity index (χ1) is 13.7. The minimum Gasteiger partial charge on any atom is -0.375 e. The molecule has 2 aliphatic heterocycles. The van der Waals surface area contributed by atoms with E-state index in [0.29, 0.717) is 26.1 Å². The number of carbonyl (C=O) groups excluding carboxylic acids is 1. The molecule has 1 aromatic carbocycles. The lowest BCUT2D eigenvalue weighted by Crippen LogP contribution is -2.53. The van der Waals surface area contributed by atoms with Gasteiger partial charge in [0.05, 0.1) is 12.7 Å². The predicted octanol–water partition coefficient (Wildman–Crippen LogP) is 1.49. The Morgan fingerprint density at radius 2 is 2.04 bits per heavy atom. The van der Waals surface area contributed by atoms with E-state index >= 15 is 0 Å². The van der Waals surface area contributed by atoms with Crippen molar-refractivity contribution < 1.29 is 14.3 Å². The second-order valence-electron chi connectivity index (χ2n) is 7.37. The van der Waals surface area contributed by atoms with Gasteiger partial charge in [0, 0.05) is 53.3 Å². The van der Waals surface area contributed by atoms with Gasteiger partial charge < -0.3 is 24.6 Å². The van der Waals surface area contributed by atoms with Crippen molar-refractivity contribution in [1.82, 2.24) is 15.1 Å². The van der Waals surface area contributed by atoms with Crippen LogP contribution in [0, 0.1) is 0 Å². The third-order valence-electron chi connectivity index (χ3n) is 5.29. The molecule has 154 valence electrons. The first kappa shape index (κ1) is 20.6. The van der Waals surface area contributed by atoms with Crippen LogP contribution in [-0.4, -0.2) is 80.8 Å². The molecule has 0 aliphatic carbocycles. The smallest absolute Gasteiger partial charge is 0.224 e. The molecule has 3 rings (SSSR count). The molecule has 7 nitrogen and oxygen atoms in total. The van der Waals surface area contributed by atoms with Crippen LogP contribution >= 0.6 is 0 Å². The summed E-state index contributed by atoms with van der Waals surface area (Å²) in [7, 11) is 3.63. The van der Waals surface area contributed by atoms with Crippen LogP contribution in [0.5, 0.6) is 0 Å². The van der Waals surface area contributed by atoms with Gasteiger partial charge in [0.25, 0.3) is 0 Å². The summed E-state index contributed by atoms with van der Waals surface area (Å²) in [6.45, 7) is 4.25. The minimum atomic E-state index is 0.0911. The van der Waals surface area contributed by atoms with Crippen LogP contribution in [0.2, 0.25) is 0 Å². The highest BCUT2D eigenvalue weighted by Crippen LogP contribution is 2.21. The topological polar surface area (TPSA) is 66.4 Å². The van der Waals surface area contributed by atoms with Crippen molar-refractivity contribution in [1.29, 1.82) is 0 Å². The maximum Gasteiger partial charge on any atom is 0.224 e. The largest absolute Gasteiger partial charge is 0.375 e. The van der Waals surface area contributed by atoms with Gasteiger partial charge in [0.1, 0.15) is 6.10 Å². The molecular weight excluding hydrogens is 356 g/mol. The van der Waals surface area contributed by atoms with Crippen molar-refractivity contribution in [2.45, 2.75) is 38.0 Å². The van der Waals surface area contributed by atoms with Gasteiger partial charge in [-0.1, -0.05) is 30.3 Å². The van der Waals surface area contributed by atoms with Crippen molar-refractivity contribution in [2.24, 2.45) is 4.99 Å². The molecule has 1 N–H and O–H groups in total. The average Bonchev–Trinajstić information content (AvgIpc) is 3.27. The number of benzene rings is 1. The summed E-state index contributed by atoms with van der Waals surface area (Å²) < 4.78 is 11.7. The van der Waals surface area contributed by atoms with Crippen LogP contribution < -0.4 is 5.32 Å². The van der Waals surface area contributed by atoms with Gasteiger partial charge in [0.2, 0.25) is 5.91 Å². The molecule has 1 aromatic rings. The summed E-state index contributed by atoms with van der Waals surface area (Å²) in [5.74, 6) is 0.941. The van der Waals surface area contributed by atoms with Crippen molar-refractivity contribution in [3.05, 3.63) is 35.9 Å².